The van der Waals surface area contributed by atoms with E-state index in [1.807, 2.05) is 19.1 Å². The third kappa shape index (κ3) is 2.94. The van der Waals surface area contributed by atoms with E-state index in [9.17, 15) is 4.79 Å². The number of hydrogen-bond acceptors (Lipinski definition) is 3. The fourth-order valence-electron chi connectivity index (χ4n) is 3.83. The van der Waals surface area contributed by atoms with Crippen LogP contribution in [0.4, 0.5) is 0 Å². The lowest BCUT2D eigenvalue weighted by atomic mass is 9.88. The molecule has 1 amide bonds. The lowest BCUT2D eigenvalue weighted by Gasteiger charge is -2.21. The first kappa shape index (κ1) is 15.3. The summed E-state index contributed by atoms with van der Waals surface area (Å²) >= 11 is 0. The van der Waals surface area contributed by atoms with E-state index in [1.54, 1.807) is 12.4 Å². The Bertz CT molecular complexity index is 714. The van der Waals surface area contributed by atoms with Crippen LogP contribution in [0.3, 0.4) is 0 Å². The van der Waals surface area contributed by atoms with Gasteiger partial charge < -0.3 is 10.1 Å². The van der Waals surface area contributed by atoms with Crippen molar-refractivity contribution < 1.29 is 9.53 Å². The van der Waals surface area contributed by atoms with Crippen molar-refractivity contribution in [3.63, 3.8) is 0 Å². The number of carbonyl (C=O) groups is 1. The van der Waals surface area contributed by atoms with Gasteiger partial charge in [-0.3, -0.25) is 9.78 Å². The average molecular weight is 322 g/mol. The standard InChI is InChI=1S/C20H22N2O2/c1-13(22-20(23)18-12-17-6-7-19(18)24-17)14-2-4-15(5-3-14)16-8-10-21-11-9-16/h2-5,8-11,13,17-19H,6-7,12H2,1H3,(H,22,23)/t13-,17+,18-,19+/m0/s1. The van der Waals surface area contributed by atoms with Crippen molar-refractivity contribution in [2.75, 3.05) is 0 Å². The second kappa shape index (κ2) is 6.36. The molecule has 1 aromatic heterocycles. The summed E-state index contributed by atoms with van der Waals surface area (Å²) in [4.78, 5) is 16.6. The van der Waals surface area contributed by atoms with Crippen molar-refractivity contribution in [3.8, 4) is 11.1 Å². The molecule has 3 heterocycles. The molecule has 2 aliphatic rings. The van der Waals surface area contributed by atoms with Crippen LogP contribution in [-0.2, 0) is 9.53 Å². The Morgan fingerprint density at radius 1 is 1.12 bits per heavy atom. The Morgan fingerprint density at radius 3 is 2.46 bits per heavy atom. The van der Waals surface area contributed by atoms with Crippen LogP contribution in [0.1, 0.15) is 37.8 Å². The van der Waals surface area contributed by atoms with Crippen molar-refractivity contribution in [2.45, 2.75) is 44.4 Å². The van der Waals surface area contributed by atoms with Gasteiger partial charge in [0.2, 0.25) is 5.91 Å². The van der Waals surface area contributed by atoms with E-state index in [2.05, 4.69) is 34.6 Å². The zero-order valence-electron chi connectivity index (χ0n) is 13.8. The molecule has 0 spiro atoms. The lowest BCUT2D eigenvalue weighted by Crippen LogP contribution is -2.37. The van der Waals surface area contributed by atoms with Gasteiger partial charge in [-0.05, 0) is 55.0 Å². The molecule has 2 aliphatic heterocycles. The number of nitrogens with one attached hydrogen (secondary N) is 1. The molecule has 0 saturated carbocycles. The normalized spacial score (nSPS) is 26.3. The van der Waals surface area contributed by atoms with Crippen LogP contribution in [-0.4, -0.2) is 23.1 Å². The molecule has 0 unspecified atom stereocenters. The zero-order chi connectivity index (χ0) is 16.5. The number of benzene rings is 1. The number of rotatable bonds is 4. The summed E-state index contributed by atoms with van der Waals surface area (Å²) in [6, 6.07) is 12.3. The van der Waals surface area contributed by atoms with Gasteiger partial charge in [0.25, 0.3) is 0 Å². The Hall–Kier alpha value is -2.20. The second-order valence-electron chi connectivity index (χ2n) is 6.80. The van der Waals surface area contributed by atoms with Gasteiger partial charge in [-0.2, -0.15) is 0 Å². The predicted molar refractivity (Wildman–Crippen MR) is 92.2 cm³/mol. The Morgan fingerprint density at radius 2 is 1.83 bits per heavy atom. The van der Waals surface area contributed by atoms with Crippen LogP contribution in [0.25, 0.3) is 11.1 Å². The highest BCUT2D eigenvalue weighted by Gasteiger charge is 2.44. The molecular weight excluding hydrogens is 300 g/mol. The molecule has 2 bridgehead atoms. The van der Waals surface area contributed by atoms with Gasteiger partial charge in [-0.1, -0.05) is 24.3 Å². The maximum atomic E-state index is 12.5. The summed E-state index contributed by atoms with van der Waals surface area (Å²) in [6.45, 7) is 2.04. The van der Waals surface area contributed by atoms with Crippen LogP contribution < -0.4 is 5.32 Å². The fourth-order valence-corrected chi connectivity index (χ4v) is 3.83. The minimum absolute atomic E-state index is 0.00289. The summed E-state index contributed by atoms with van der Waals surface area (Å²) in [6.07, 6.45) is 7.05. The third-order valence-electron chi connectivity index (χ3n) is 5.23. The van der Waals surface area contributed by atoms with Gasteiger partial charge in [0.15, 0.2) is 0 Å². The monoisotopic (exact) mass is 322 g/mol. The third-order valence-corrected chi connectivity index (χ3v) is 5.23. The van der Waals surface area contributed by atoms with E-state index in [-0.39, 0.29) is 24.0 Å². The SMILES string of the molecule is C[C@H](NC(=O)[C@H]1C[C@H]2CC[C@H]1O2)c1ccc(-c2ccncc2)cc1. The number of fused-ring (bicyclic) bond motifs is 2. The van der Waals surface area contributed by atoms with Crippen molar-refractivity contribution in [3.05, 3.63) is 54.4 Å². The smallest absolute Gasteiger partial charge is 0.226 e. The molecule has 2 saturated heterocycles. The van der Waals surface area contributed by atoms with Crippen LogP contribution in [0.15, 0.2) is 48.8 Å². The van der Waals surface area contributed by atoms with Gasteiger partial charge in [0, 0.05) is 12.4 Å². The number of hydrogen-bond donors (Lipinski definition) is 1. The summed E-state index contributed by atoms with van der Waals surface area (Å²) < 4.78 is 5.79. The molecule has 0 radical (unpaired) electrons. The van der Waals surface area contributed by atoms with E-state index in [1.165, 1.54) is 0 Å². The first-order valence-corrected chi connectivity index (χ1v) is 8.67. The summed E-state index contributed by atoms with van der Waals surface area (Å²) in [5, 5.41) is 3.15. The fraction of sp³-hybridized carbons (Fsp3) is 0.400. The molecule has 24 heavy (non-hydrogen) atoms. The second-order valence-corrected chi connectivity index (χ2v) is 6.80. The molecule has 1 aromatic carbocycles. The van der Waals surface area contributed by atoms with Crippen LogP contribution >= 0.6 is 0 Å². The number of ether oxygens (including phenoxy) is 1. The predicted octanol–water partition coefficient (Wildman–Crippen LogP) is 3.49. The minimum Gasteiger partial charge on any atom is -0.374 e. The van der Waals surface area contributed by atoms with Gasteiger partial charge in [-0.25, -0.2) is 0 Å². The largest absolute Gasteiger partial charge is 0.374 e. The topological polar surface area (TPSA) is 51.2 Å². The lowest BCUT2D eigenvalue weighted by molar-refractivity contribution is -0.127. The van der Waals surface area contributed by atoms with E-state index in [0.29, 0.717) is 6.10 Å². The maximum Gasteiger partial charge on any atom is 0.226 e. The van der Waals surface area contributed by atoms with Crippen LogP contribution in [0, 0.1) is 5.92 Å². The van der Waals surface area contributed by atoms with Crippen LogP contribution in [0.5, 0.6) is 0 Å². The quantitative estimate of drug-likeness (QED) is 0.937. The molecule has 4 nitrogen and oxygen atoms in total. The molecule has 0 aliphatic carbocycles. The Labute approximate surface area is 142 Å². The molecule has 2 fully saturated rings. The molecular formula is C20H22N2O2. The van der Waals surface area contributed by atoms with Gasteiger partial charge in [0.05, 0.1) is 24.2 Å². The molecule has 1 N–H and O–H groups in total. The number of pyridine rings is 1. The van der Waals surface area contributed by atoms with Crippen LogP contribution in [0.2, 0.25) is 0 Å². The van der Waals surface area contributed by atoms with E-state index >= 15 is 0 Å². The summed E-state index contributed by atoms with van der Waals surface area (Å²) in [5.74, 6) is 0.162. The maximum absolute atomic E-state index is 12.5. The Kier molecular flexibility index (Phi) is 4.07. The molecule has 124 valence electrons. The molecule has 2 aromatic rings. The zero-order valence-corrected chi connectivity index (χ0v) is 13.8. The van der Waals surface area contributed by atoms with E-state index in [4.69, 9.17) is 4.74 Å². The first-order chi connectivity index (χ1) is 11.7. The van der Waals surface area contributed by atoms with E-state index in [0.717, 1.165) is 36.0 Å². The minimum atomic E-state index is 0.00289. The van der Waals surface area contributed by atoms with Gasteiger partial charge in [-0.15, -0.1) is 0 Å². The highest BCUT2D eigenvalue weighted by atomic mass is 16.5. The number of aromatic nitrogens is 1. The van der Waals surface area contributed by atoms with Crippen molar-refractivity contribution in [1.82, 2.24) is 10.3 Å². The van der Waals surface area contributed by atoms with Crippen molar-refractivity contribution >= 4 is 5.91 Å². The van der Waals surface area contributed by atoms with Crippen molar-refractivity contribution in [2.24, 2.45) is 5.92 Å². The summed E-state index contributed by atoms with van der Waals surface area (Å²) in [5.41, 5.74) is 3.42. The summed E-state index contributed by atoms with van der Waals surface area (Å²) in [7, 11) is 0. The number of nitrogens with zero attached hydrogens (tertiary/aromatic N) is 1. The highest BCUT2D eigenvalue weighted by molar-refractivity contribution is 5.80. The van der Waals surface area contributed by atoms with Gasteiger partial charge >= 0.3 is 0 Å². The number of carbonyl (C=O) groups excluding carboxylic acids is 1. The van der Waals surface area contributed by atoms with Gasteiger partial charge in [0.1, 0.15) is 0 Å². The van der Waals surface area contributed by atoms with Crippen molar-refractivity contribution in [1.29, 1.82) is 0 Å². The molecule has 4 atom stereocenters. The number of amides is 1. The molecule has 4 rings (SSSR count). The Balaban J connectivity index is 1.41. The average Bonchev–Trinajstić information content (AvgIpc) is 3.26. The molecule has 4 heteroatoms. The first-order valence-electron chi connectivity index (χ1n) is 8.67. The highest BCUT2D eigenvalue weighted by Crippen LogP contribution is 2.39. The van der Waals surface area contributed by atoms with E-state index < -0.39 is 0 Å².